The van der Waals surface area contributed by atoms with E-state index in [1.807, 2.05) is 24.3 Å². The number of carbonyl (C=O) groups excluding carboxylic acids is 1. The summed E-state index contributed by atoms with van der Waals surface area (Å²) < 4.78 is 38.4. The molecule has 140 valence electrons. The van der Waals surface area contributed by atoms with Crippen LogP contribution in [0.3, 0.4) is 0 Å². The van der Waals surface area contributed by atoms with Gasteiger partial charge in [-0.1, -0.05) is 49.2 Å². The van der Waals surface area contributed by atoms with Crippen LogP contribution in [0.1, 0.15) is 43.0 Å². The van der Waals surface area contributed by atoms with E-state index < -0.39 is 17.8 Å². The zero-order valence-electron chi connectivity index (χ0n) is 14.5. The molecule has 1 unspecified atom stereocenters. The van der Waals surface area contributed by atoms with Crippen LogP contribution >= 0.6 is 11.6 Å². The maximum absolute atomic E-state index is 12.8. The van der Waals surface area contributed by atoms with E-state index in [0.717, 1.165) is 36.6 Å². The van der Waals surface area contributed by atoms with Gasteiger partial charge in [-0.2, -0.15) is 13.2 Å². The molecule has 0 aliphatic rings. The fraction of sp³-hybridized carbons (Fsp3) is 0.316. The first-order valence-corrected chi connectivity index (χ1v) is 8.61. The van der Waals surface area contributed by atoms with Gasteiger partial charge in [0.05, 0.1) is 22.3 Å². The Morgan fingerprint density at radius 3 is 2.38 bits per heavy atom. The third kappa shape index (κ3) is 5.39. The van der Waals surface area contributed by atoms with Crippen LogP contribution in [0.5, 0.6) is 0 Å². The maximum Gasteiger partial charge on any atom is 0.416 e. The number of hydrogen-bond acceptors (Lipinski definition) is 1. The summed E-state index contributed by atoms with van der Waals surface area (Å²) >= 11 is 5.88. The molecule has 7 heteroatoms. The van der Waals surface area contributed by atoms with Crippen LogP contribution in [-0.2, 0) is 12.6 Å². The summed E-state index contributed by atoms with van der Waals surface area (Å²) in [5.41, 5.74) is 1.14. The minimum absolute atomic E-state index is 0.0321. The molecule has 2 N–H and O–H groups in total. The molecular weight excluding hydrogens is 365 g/mol. The standard InChI is InChI=1S/C19H20ClF3N2O/c1-3-4-13-5-7-14(8-6-13)12(2)24-18(26)25-17-11-15(19(21,22)23)9-10-16(17)20/h5-12H,3-4H2,1-2H3,(H2,24,25,26). The first kappa shape index (κ1) is 20.1. The van der Waals surface area contributed by atoms with Crippen molar-refractivity contribution in [2.24, 2.45) is 0 Å². The van der Waals surface area contributed by atoms with Crippen LogP contribution in [0.15, 0.2) is 42.5 Å². The van der Waals surface area contributed by atoms with E-state index in [0.29, 0.717) is 0 Å². The molecule has 0 radical (unpaired) electrons. The number of rotatable bonds is 5. The van der Waals surface area contributed by atoms with Gasteiger partial charge in [-0.05, 0) is 42.7 Å². The van der Waals surface area contributed by atoms with Gasteiger partial charge in [0, 0.05) is 0 Å². The number of hydrogen-bond donors (Lipinski definition) is 2. The van der Waals surface area contributed by atoms with Gasteiger partial charge in [0.15, 0.2) is 0 Å². The van der Waals surface area contributed by atoms with Crippen molar-refractivity contribution in [2.45, 2.75) is 38.9 Å². The Hall–Kier alpha value is -2.21. The average Bonchev–Trinajstić information content (AvgIpc) is 2.56. The highest BCUT2D eigenvalue weighted by atomic mass is 35.5. The summed E-state index contributed by atoms with van der Waals surface area (Å²) in [7, 11) is 0. The van der Waals surface area contributed by atoms with E-state index >= 15 is 0 Å². The quantitative estimate of drug-likeness (QED) is 0.633. The highest BCUT2D eigenvalue weighted by Crippen LogP contribution is 2.33. The first-order chi connectivity index (χ1) is 12.2. The maximum atomic E-state index is 12.8. The van der Waals surface area contributed by atoms with Crippen molar-refractivity contribution in [3.63, 3.8) is 0 Å². The lowest BCUT2D eigenvalue weighted by Crippen LogP contribution is -2.31. The van der Waals surface area contributed by atoms with Gasteiger partial charge in [0.25, 0.3) is 0 Å². The van der Waals surface area contributed by atoms with Gasteiger partial charge in [0.1, 0.15) is 0 Å². The SMILES string of the molecule is CCCc1ccc(C(C)NC(=O)Nc2cc(C(F)(F)F)ccc2Cl)cc1. The summed E-state index contributed by atoms with van der Waals surface area (Å²) in [5.74, 6) is 0. The number of anilines is 1. The molecule has 0 spiro atoms. The lowest BCUT2D eigenvalue weighted by molar-refractivity contribution is -0.137. The van der Waals surface area contributed by atoms with Crippen molar-refractivity contribution in [2.75, 3.05) is 5.32 Å². The van der Waals surface area contributed by atoms with E-state index in [-0.39, 0.29) is 16.8 Å². The zero-order chi connectivity index (χ0) is 19.3. The van der Waals surface area contributed by atoms with Gasteiger partial charge in [0.2, 0.25) is 0 Å². The van der Waals surface area contributed by atoms with E-state index in [1.54, 1.807) is 6.92 Å². The lowest BCUT2D eigenvalue weighted by atomic mass is 10.0. The fourth-order valence-electron chi connectivity index (χ4n) is 2.50. The summed E-state index contributed by atoms with van der Waals surface area (Å²) in [6.07, 6.45) is -2.48. The number of benzene rings is 2. The molecule has 1 atom stereocenters. The van der Waals surface area contributed by atoms with Crippen molar-refractivity contribution in [3.8, 4) is 0 Å². The second kappa shape index (κ2) is 8.45. The molecule has 0 fully saturated rings. The molecule has 26 heavy (non-hydrogen) atoms. The number of urea groups is 1. The predicted molar refractivity (Wildman–Crippen MR) is 97.5 cm³/mol. The Morgan fingerprint density at radius 2 is 1.81 bits per heavy atom. The van der Waals surface area contributed by atoms with Crippen LogP contribution in [0.25, 0.3) is 0 Å². The number of aryl methyl sites for hydroxylation is 1. The molecule has 2 aromatic carbocycles. The van der Waals surface area contributed by atoms with Crippen LogP contribution in [-0.4, -0.2) is 6.03 Å². The first-order valence-electron chi connectivity index (χ1n) is 8.23. The smallest absolute Gasteiger partial charge is 0.331 e. The van der Waals surface area contributed by atoms with E-state index in [4.69, 9.17) is 11.6 Å². The van der Waals surface area contributed by atoms with Gasteiger partial charge in [-0.25, -0.2) is 4.79 Å². The molecular formula is C19H20ClF3N2O. The normalized spacial score (nSPS) is 12.5. The van der Waals surface area contributed by atoms with E-state index in [1.165, 1.54) is 5.56 Å². The molecule has 0 heterocycles. The van der Waals surface area contributed by atoms with Crippen molar-refractivity contribution < 1.29 is 18.0 Å². The van der Waals surface area contributed by atoms with Gasteiger partial charge >= 0.3 is 12.2 Å². The Bertz CT molecular complexity index is 760. The fourth-order valence-corrected chi connectivity index (χ4v) is 2.66. The van der Waals surface area contributed by atoms with E-state index in [2.05, 4.69) is 17.6 Å². The molecule has 2 amide bonds. The molecule has 2 aromatic rings. The summed E-state index contributed by atoms with van der Waals surface area (Å²) in [5, 5.41) is 5.10. The highest BCUT2D eigenvalue weighted by molar-refractivity contribution is 6.33. The van der Waals surface area contributed by atoms with Gasteiger partial charge in [-0.3, -0.25) is 0 Å². The Morgan fingerprint density at radius 1 is 1.15 bits per heavy atom. The monoisotopic (exact) mass is 384 g/mol. The second-order valence-electron chi connectivity index (χ2n) is 6.00. The number of carbonyl (C=O) groups is 1. The van der Waals surface area contributed by atoms with Crippen molar-refractivity contribution >= 4 is 23.3 Å². The third-order valence-corrected chi connectivity index (χ3v) is 4.24. The highest BCUT2D eigenvalue weighted by Gasteiger charge is 2.31. The minimum atomic E-state index is -4.51. The van der Waals surface area contributed by atoms with E-state index in [9.17, 15) is 18.0 Å². The summed E-state index contributed by atoms with van der Waals surface area (Å²) in [6.45, 7) is 3.89. The summed E-state index contributed by atoms with van der Waals surface area (Å²) in [4.78, 5) is 12.1. The Balaban J connectivity index is 2.04. The van der Waals surface area contributed by atoms with Crippen molar-refractivity contribution in [1.82, 2.24) is 5.32 Å². The van der Waals surface area contributed by atoms with Crippen LogP contribution in [0, 0.1) is 0 Å². The molecule has 0 bridgehead atoms. The molecule has 0 aromatic heterocycles. The lowest BCUT2D eigenvalue weighted by Gasteiger charge is -2.17. The molecule has 0 aliphatic heterocycles. The number of alkyl halides is 3. The zero-order valence-corrected chi connectivity index (χ0v) is 15.2. The molecule has 3 nitrogen and oxygen atoms in total. The van der Waals surface area contributed by atoms with Crippen molar-refractivity contribution in [3.05, 3.63) is 64.2 Å². The predicted octanol–water partition coefficient (Wildman–Crippen LogP) is 6.19. The number of amides is 2. The second-order valence-corrected chi connectivity index (χ2v) is 6.41. The summed E-state index contributed by atoms with van der Waals surface area (Å²) in [6, 6.07) is 9.69. The molecule has 2 rings (SSSR count). The molecule has 0 saturated heterocycles. The number of nitrogens with one attached hydrogen (secondary N) is 2. The number of halogens is 4. The van der Waals surface area contributed by atoms with Gasteiger partial charge < -0.3 is 10.6 Å². The molecule has 0 aliphatic carbocycles. The van der Waals surface area contributed by atoms with Crippen LogP contribution in [0.2, 0.25) is 5.02 Å². The Labute approximate surface area is 155 Å². The molecule has 0 saturated carbocycles. The minimum Gasteiger partial charge on any atom is -0.331 e. The van der Waals surface area contributed by atoms with Crippen LogP contribution in [0.4, 0.5) is 23.7 Å². The largest absolute Gasteiger partial charge is 0.416 e. The third-order valence-electron chi connectivity index (χ3n) is 3.91. The van der Waals surface area contributed by atoms with Gasteiger partial charge in [-0.15, -0.1) is 0 Å². The average molecular weight is 385 g/mol. The topological polar surface area (TPSA) is 41.1 Å². The van der Waals surface area contributed by atoms with Crippen molar-refractivity contribution in [1.29, 1.82) is 0 Å². The van der Waals surface area contributed by atoms with Crippen LogP contribution < -0.4 is 10.6 Å². The Kier molecular flexibility index (Phi) is 6.53.